The van der Waals surface area contributed by atoms with Crippen LogP contribution < -0.4 is 5.73 Å². The van der Waals surface area contributed by atoms with Crippen molar-refractivity contribution >= 4 is 0 Å². The Morgan fingerprint density at radius 2 is 2.38 bits per heavy atom. The zero-order valence-electron chi connectivity index (χ0n) is 7.27. The van der Waals surface area contributed by atoms with Crippen molar-refractivity contribution in [3.63, 3.8) is 0 Å². The summed E-state index contributed by atoms with van der Waals surface area (Å²) in [6.07, 6.45) is 3.99. The molecule has 0 radical (unpaired) electrons. The maximum atomic E-state index is 8.80. The van der Waals surface area contributed by atoms with E-state index in [1.807, 2.05) is 12.1 Å². The molecule has 0 unspecified atom stereocenters. The summed E-state index contributed by atoms with van der Waals surface area (Å²) in [6, 6.07) is 5.80. The summed E-state index contributed by atoms with van der Waals surface area (Å²) < 4.78 is 0. The molecule has 1 aliphatic carbocycles. The molecule has 1 saturated carbocycles. The zero-order chi connectivity index (χ0) is 9.26. The van der Waals surface area contributed by atoms with Crippen LogP contribution in [0.15, 0.2) is 18.3 Å². The normalized spacial score (nSPS) is 17.8. The minimum absolute atomic E-state index is 0.00310. The van der Waals surface area contributed by atoms with Crippen molar-refractivity contribution in [2.75, 3.05) is 0 Å². The van der Waals surface area contributed by atoms with E-state index in [1.165, 1.54) is 12.8 Å². The van der Waals surface area contributed by atoms with Crippen LogP contribution in [0.2, 0.25) is 0 Å². The third-order valence-corrected chi connectivity index (χ3v) is 2.43. The SMILES string of the molecule is N#Cc1ncccc1[C@@H](N)C1CC1. The van der Waals surface area contributed by atoms with Crippen molar-refractivity contribution in [2.45, 2.75) is 18.9 Å². The maximum Gasteiger partial charge on any atom is 0.145 e. The van der Waals surface area contributed by atoms with Crippen molar-refractivity contribution in [2.24, 2.45) is 11.7 Å². The quantitative estimate of drug-likeness (QED) is 0.734. The second-order valence-electron chi connectivity index (χ2n) is 3.42. The van der Waals surface area contributed by atoms with E-state index in [0.717, 1.165) is 5.56 Å². The van der Waals surface area contributed by atoms with E-state index < -0.39 is 0 Å². The first-order valence-electron chi connectivity index (χ1n) is 4.43. The van der Waals surface area contributed by atoms with E-state index in [1.54, 1.807) is 6.20 Å². The van der Waals surface area contributed by atoms with Crippen LogP contribution in [0.25, 0.3) is 0 Å². The van der Waals surface area contributed by atoms with E-state index >= 15 is 0 Å². The van der Waals surface area contributed by atoms with Crippen LogP contribution in [0.1, 0.15) is 30.1 Å². The number of hydrogen-bond donors (Lipinski definition) is 1. The molecule has 0 spiro atoms. The Kier molecular flexibility index (Phi) is 1.99. The van der Waals surface area contributed by atoms with Crippen LogP contribution in [0.3, 0.4) is 0 Å². The second-order valence-corrected chi connectivity index (χ2v) is 3.42. The summed E-state index contributed by atoms with van der Waals surface area (Å²) in [5, 5.41) is 8.80. The van der Waals surface area contributed by atoms with Gasteiger partial charge in [-0.3, -0.25) is 0 Å². The van der Waals surface area contributed by atoms with Crippen molar-refractivity contribution in [1.82, 2.24) is 4.98 Å². The molecular weight excluding hydrogens is 162 g/mol. The zero-order valence-corrected chi connectivity index (χ0v) is 7.27. The highest BCUT2D eigenvalue weighted by Crippen LogP contribution is 2.39. The van der Waals surface area contributed by atoms with Crippen LogP contribution in [0.4, 0.5) is 0 Å². The molecule has 0 aromatic carbocycles. The van der Waals surface area contributed by atoms with Crippen molar-refractivity contribution in [1.29, 1.82) is 5.26 Å². The van der Waals surface area contributed by atoms with Crippen LogP contribution >= 0.6 is 0 Å². The highest BCUT2D eigenvalue weighted by atomic mass is 14.7. The van der Waals surface area contributed by atoms with Crippen LogP contribution in [-0.2, 0) is 0 Å². The Bertz CT molecular complexity index is 349. The van der Waals surface area contributed by atoms with Gasteiger partial charge in [-0.05, 0) is 24.8 Å². The lowest BCUT2D eigenvalue weighted by molar-refractivity contribution is 0.629. The maximum absolute atomic E-state index is 8.80. The Balaban J connectivity index is 2.32. The third kappa shape index (κ3) is 1.53. The van der Waals surface area contributed by atoms with Gasteiger partial charge in [0.05, 0.1) is 0 Å². The van der Waals surface area contributed by atoms with Gasteiger partial charge in [-0.2, -0.15) is 5.26 Å². The Hall–Kier alpha value is -1.40. The number of aromatic nitrogens is 1. The van der Waals surface area contributed by atoms with E-state index in [9.17, 15) is 0 Å². The van der Waals surface area contributed by atoms with Gasteiger partial charge in [0, 0.05) is 17.8 Å². The van der Waals surface area contributed by atoms with Crippen LogP contribution in [0, 0.1) is 17.2 Å². The van der Waals surface area contributed by atoms with Gasteiger partial charge in [0.25, 0.3) is 0 Å². The first kappa shape index (κ1) is 8.21. The van der Waals surface area contributed by atoms with Gasteiger partial charge in [-0.1, -0.05) is 6.07 Å². The number of hydrogen-bond acceptors (Lipinski definition) is 3. The van der Waals surface area contributed by atoms with E-state index in [-0.39, 0.29) is 6.04 Å². The van der Waals surface area contributed by atoms with E-state index in [0.29, 0.717) is 11.6 Å². The molecule has 1 atom stereocenters. The van der Waals surface area contributed by atoms with Crippen molar-refractivity contribution in [3.05, 3.63) is 29.6 Å². The van der Waals surface area contributed by atoms with Gasteiger partial charge in [-0.25, -0.2) is 4.98 Å². The van der Waals surface area contributed by atoms with Gasteiger partial charge < -0.3 is 5.73 Å². The van der Waals surface area contributed by atoms with Gasteiger partial charge >= 0.3 is 0 Å². The molecule has 1 fully saturated rings. The molecule has 3 nitrogen and oxygen atoms in total. The molecule has 1 aliphatic rings. The minimum Gasteiger partial charge on any atom is -0.324 e. The van der Waals surface area contributed by atoms with Crippen LogP contribution in [-0.4, -0.2) is 4.98 Å². The first-order valence-corrected chi connectivity index (χ1v) is 4.43. The number of nitrogens with two attached hydrogens (primary N) is 1. The number of pyridine rings is 1. The monoisotopic (exact) mass is 173 g/mol. The lowest BCUT2D eigenvalue weighted by atomic mass is 10.0. The fraction of sp³-hybridized carbons (Fsp3) is 0.400. The predicted molar refractivity (Wildman–Crippen MR) is 48.6 cm³/mol. The van der Waals surface area contributed by atoms with Crippen LogP contribution in [0.5, 0.6) is 0 Å². The summed E-state index contributed by atoms with van der Waals surface area (Å²) in [5.74, 6) is 0.566. The lowest BCUT2D eigenvalue weighted by Crippen LogP contribution is -2.14. The highest BCUT2D eigenvalue weighted by Gasteiger charge is 2.30. The number of nitriles is 1. The third-order valence-electron chi connectivity index (χ3n) is 2.43. The van der Waals surface area contributed by atoms with Crippen molar-refractivity contribution < 1.29 is 0 Å². The van der Waals surface area contributed by atoms with Gasteiger partial charge in [0.2, 0.25) is 0 Å². The van der Waals surface area contributed by atoms with Crippen molar-refractivity contribution in [3.8, 4) is 6.07 Å². The van der Waals surface area contributed by atoms with Gasteiger partial charge in [0.15, 0.2) is 0 Å². The summed E-state index contributed by atoms with van der Waals surface area (Å²) in [7, 11) is 0. The average Bonchev–Trinajstić information content (AvgIpc) is 3.00. The summed E-state index contributed by atoms with van der Waals surface area (Å²) in [6.45, 7) is 0. The molecule has 0 aliphatic heterocycles. The highest BCUT2D eigenvalue weighted by molar-refractivity contribution is 5.33. The van der Waals surface area contributed by atoms with E-state index in [4.69, 9.17) is 11.0 Å². The number of rotatable bonds is 2. The summed E-state index contributed by atoms with van der Waals surface area (Å²) >= 11 is 0. The molecule has 2 N–H and O–H groups in total. The summed E-state index contributed by atoms with van der Waals surface area (Å²) in [4.78, 5) is 3.99. The minimum atomic E-state index is 0.00310. The molecule has 0 amide bonds. The molecule has 66 valence electrons. The number of nitrogens with zero attached hydrogens (tertiary/aromatic N) is 2. The average molecular weight is 173 g/mol. The standard InChI is InChI=1S/C10H11N3/c11-6-9-8(2-1-5-13-9)10(12)7-3-4-7/h1-2,5,7,10H,3-4,12H2/t10-/m0/s1. The fourth-order valence-electron chi connectivity index (χ4n) is 1.49. The molecule has 1 heterocycles. The lowest BCUT2D eigenvalue weighted by Gasteiger charge is -2.10. The Labute approximate surface area is 77.2 Å². The second kappa shape index (κ2) is 3.15. The molecule has 1 aromatic heterocycles. The topological polar surface area (TPSA) is 62.7 Å². The molecule has 3 heteroatoms. The first-order chi connectivity index (χ1) is 6.33. The molecule has 13 heavy (non-hydrogen) atoms. The molecule has 2 rings (SSSR count). The summed E-state index contributed by atoms with van der Waals surface area (Å²) in [5.41, 5.74) is 7.36. The Morgan fingerprint density at radius 3 is 3.00 bits per heavy atom. The largest absolute Gasteiger partial charge is 0.324 e. The molecular formula is C10H11N3. The van der Waals surface area contributed by atoms with E-state index in [2.05, 4.69) is 11.1 Å². The molecule has 1 aromatic rings. The van der Waals surface area contributed by atoms with Gasteiger partial charge in [-0.15, -0.1) is 0 Å². The molecule has 0 bridgehead atoms. The molecule has 0 saturated heterocycles. The predicted octanol–water partition coefficient (Wildman–Crippen LogP) is 1.36. The van der Waals surface area contributed by atoms with Gasteiger partial charge in [0.1, 0.15) is 11.8 Å². The smallest absolute Gasteiger partial charge is 0.145 e. The Morgan fingerprint density at radius 1 is 1.62 bits per heavy atom. The fourth-order valence-corrected chi connectivity index (χ4v) is 1.49.